The lowest BCUT2D eigenvalue weighted by molar-refractivity contribution is 0.669. The van der Waals surface area contributed by atoms with E-state index in [0.29, 0.717) is 17.6 Å². The third-order valence-electron chi connectivity index (χ3n) is 12.8. The molecule has 298 valence electrons. The van der Waals surface area contributed by atoms with E-state index >= 15 is 0 Å². The Balaban J connectivity index is 1.16. The summed E-state index contributed by atoms with van der Waals surface area (Å²) in [6.45, 7) is 0. The van der Waals surface area contributed by atoms with Crippen LogP contribution in [0.2, 0.25) is 0 Å². The van der Waals surface area contributed by atoms with Crippen molar-refractivity contribution in [3.8, 4) is 45.5 Å². The van der Waals surface area contributed by atoms with Crippen molar-refractivity contribution < 1.29 is 4.42 Å². The molecule has 0 unspecified atom stereocenters. The zero-order valence-corrected chi connectivity index (χ0v) is 34.9. The fourth-order valence-corrected chi connectivity index (χ4v) is 11.2. The van der Waals surface area contributed by atoms with E-state index in [0.717, 1.165) is 98.9 Å². The van der Waals surface area contributed by atoms with Crippen LogP contribution in [0.4, 0.5) is 0 Å². The lowest BCUT2D eigenvalue weighted by Crippen LogP contribution is -2.07. The van der Waals surface area contributed by atoms with Gasteiger partial charge in [-0.1, -0.05) is 158 Å². The minimum atomic E-state index is 0.549. The maximum Gasteiger partial charge on any atom is 0.238 e. The van der Waals surface area contributed by atoms with Crippen LogP contribution < -0.4 is 0 Å². The molecule has 0 saturated heterocycles. The van der Waals surface area contributed by atoms with E-state index in [9.17, 15) is 0 Å². The van der Waals surface area contributed by atoms with Crippen LogP contribution in [0.3, 0.4) is 0 Å². The van der Waals surface area contributed by atoms with E-state index in [1.807, 2.05) is 24.3 Å². The monoisotopic (exact) mass is 835 g/mol. The summed E-state index contributed by atoms with van der Waals surface area (Å²) in [7, 11) is 0. The summed E-state index contributed by atoms with van der Waals surface area (Å²) in [5.41, 5.74) is 11.0. The van der Waals surface area contributed by atoms with E-state index in [1.54, 1.807) is 11.3 Å². The molecule has 0 amide bonds. The van der Waals surface area contributed by atoms with Gasteiger partial charge >= 0.3 is 0 Å². The largest absolute Gasteiger partial charge is 0.456 e. The number of thiophene rings is 1. The molecule has 0 fully saturated rings. The van der Waals surface area contributed by atoms with Crippen molar-refractivity contribution in [3.05, 3.63) is 200 Å². The van der Waals surface area contributed by atoms with Gasteiger partial charge in [0, 0.05) is 58.2 Å². The second kappa shape index (κ2) is 13.6. The molecule has 5 heterocycles. The van der Waals surface area contributed by atoms with Gasteiger partial charge in [-0.25, -0.2) is 4.98 Å². The van der Waals surface area contributed by atoms with Gasteiger partial charge in [-0.2, -0.15) is 9.97 Å². The minimum absolute atomic E-state index is 0.549. The lowest BCUT2D eigenvalue weighted by Gasteiger charge is -2.15. The molecule has 9 aromatic carbocycles. The third kappa shape index (κ3) is 5.10. The highest BCUT2D eigenvalue weighted by atomic mass is 32.1. The number of para-hydroxylation sites is 3. The van der Waals surface area contributed by atoms with E-state index in [2.05, 4.69) is 185 Å². The summed E-state index contributed by atoms with van der Waals surface area (Å²) in [5, 5.41) is 8.97. The Morgan fingerprint density at radius 1 is 0.375 bits per heavy atom. The van der Waals surface area contributed by atoms with Crippen LogP contribution in [-0.2, 0) is 0 Å². The van der Waals surface area contributed by atoms with Crippen molar-refractivity contribution in [2.24, 2.45) is 0 Å². The fourth-order valence-electron chi connectivity index (χ4n) is 10.0. The number of fused-ring (bicyclic) bond motifs is 13. The minimum Gasteiger partial charge on any atom is -0.456 e. The molecule has 0 N–H and O–H groups in total. The number of rotatable bonds is 5. The standard InChI is InChI=1S/C57H33N5OS/c1-3-16-34(17-4-1)36-32-46(52-41-22-9-13-27-47(41)63-48(52)33-36)61-44-25-11-7-20-37(44)39-30-31-40-38-21-8-12-26-45(38)62(54(40)53(39)61)57-59-55(35-18-5-2-6-19-35)58-56(60-57)43-24-15-29-50-51(43)42-23-10-14-28-49(42)64-50/h1-33H. The second-order valence-corrected chi connectivity index (χ2v) is 17.4. The molecule has 0 aliphatic rings. The average molecular weight is 836 g/mol. The van der Waals surface area contributed by atoms with Gasteiger partial charge in [-0.3, -0.25) is 4.57 Å². The van der Waals surface area contributed by atoms with E-state index in [1.165, 1.54) is 14.8 Å². The molecule has 14 rings (SSSR count). The molecule has 0 aliphatic heterocycles. The molecule has 0 atom stereocenters. The maximum absolute atomic E-state index is 6.72. The summed E-state index contributed by atoms with van der Waals surface area (Å²) in [6.07, 6.45) is 0. The molecular formula is C57H33N5OS. The average Bonchev–Trinajstić information content (AvgIpc) is 4.12. The van der Waals surface area contributed by atoms with Crippen molar-refractivity contribution >= 4 is 97.1 Å². The van der Waals surface area contributed by atoms with Crippen LogP contribution in [0, 0.1) is 0 Å². The number of furan rings is 1. The van der Waals surface area contributed by atoms with Gasteiger partial charge < -0.3 is 8.98 Å². The van der Waals surface area contributed by atoms with Gasteiger partial charge in [0.15, 0.2) is 11.6 Å². The number of aromatic nitrogens is 5. The number of hydrogen-bond acceptors (Lipinski definition) is 5. The Morgan fingerprint density at radius 3 is 1.73 bits per heavy atom. The highest BCUT2D eigenvalue weighted by molar-refractivity contribution is 7.25. The first kappa shape index (κ1) is 35.2. The Labute approximate surface area is 369 Å². The number of benzene rings is 9. The van der Waals surface area contributed by atoms with Crippen LogP contribution in [0.1, 0.15) is 0 Å². The van der Waals surface area contributed by atoms with Gasteiger partial charge in [-0.15, -0.1) is 11.3 Å². The molecule has 14 aromatic rings. The number of nitrogens with zero attached hydrogens (tertiary/aromatic N) is 5. The molecule has 64 heavy (non-hydrogen) atoms. The van der Waals surface area contributed by atoms with Crippen LogP contribution >= 0.6 is 11.3 Å². The molecule has 0 radical (unpaired) electrons. The quantitative estimate of drug-likeness (QED) is 0.173. The first-order valence-corrected chi connectivity index (χ1v) is 22.3. The zero-order valence-electron chi connectivity index (χ0n) is 34.1. The van der Waals surface area contributed by atoms with Gasteiger partial charge in [0.05, 0.1) is 33.1 Å². The highest BCUT2D eigenvalue weighted by Gasteiger charge is 2.26. The molecule has 6 nitrogen and oxygen atoms in total. The van der Waals surface area contributed by atoms with Crippen molar-refractivity contribution in [2.45, 2.75) is 0 Å². The third-order valence-corrected chi connectivity index (χ3v) is 13.9. The van der Waals surface area contributed by atoms with Crippen LogP contribution in [0.25, 0.3) is 131 Å². The van der Waals surface area contributed by atoms with Crippen molar-refractivity contribution in [1.29, 1.82) is 0 Å². The smallest absolute Gasteiger partial charge is 0.238 e. The normalized spacial score (nSPS) is 12.1. The molecule has 0 spiro atoms. The predicted molar refractivity (Wildman–Crippen MR) is 265 cm³/mol. The molecular weight excluding hydrogens is 803 g/mol. The summed E-state index contributed by atoms with van der Waals surface area (Å²) < 4.78 is 13.9. The Hall–Kier alpha value is -8.39. The van der Waals surface area contributed by atoms with Crippen molar-refractivity contribution in [2.75, 3.05) is 0 Å². The molecule has 0 saturated carbocycles. The summed E-state index contributed by atoms with van der Waals surface area (Å²) in [4.78, 5) is 16.2. The van der Waals surface area contributed by atoms with Gasteiger partial charge in [-0.05, 0) is 53.6 Å². The Kier molecular flexibility index (Phi) is 7.46. The summed E-state index contributed by atoms with van der Waals surface area (Å²) >= 11 is 1.80. The molecule has 5 aromatic heterocycles. The summed E-state index contributed by atoms with van der Waals surface area (Å²) in [5.74, 6) is 1.78. The van der Waals surface area contributed by atoms with Crippen LogP contribution in [0.5, 0.6) is 0 Å². The number of hydrogen-bond donors (Lipinski definition) is 0. The van der Waals surface area contributed by atoms with Gasteiger partial charge in [0.2, 0.25) is 5.95 Å². The van der Waals surface area contributed by atoms with E-state index in [4.69, 9.17) is 19.4 Å². The van der Waals surface area contributed by atoms with Crippen LogP contribution in [0.15, 0.2) is 205 Å². The molecule has 0 aliphatic carbocycles. The Bertz CT molecular complexity index is 4200. The first-order valence-electron chi connectivity index (χ1n) is 21.4. The second-order valence-electron chi connectivity index (χ2n) is 16.3. The molecule has 0 bridgehead atoms. The Morgan fingerprint density at radius 2 is 0.969 bits per heavy atom. The van der Waals surface area contributed by atoms with Crippen molar-refractivity contribution in [1.82, 2.24) is 24.1 Å². The SMILES string of the molecule is c1ccc(-c2cc(-n3c4ccccc4c4ccc5c6ccccc6n(-c6nc(-c7ccccc7)nc(-c7cccc8sc9ccccc9c78)n6)c5c43)c3c(c2)oc2ccccc23)cc1. The van der Waals surface area contributed by atoms with Gasteiger partial charge in [0.25, 0.3) is 0 Å². The van der Waals surface area contributed by atoms with E-state index < -0.39 is 0 Å². The lowest BCUT2D eigenvalue weighted by atomic mass is 10.0. The van der Waals surface area contributed by atoms with Gasteiger partial charge in [0.1, 0.15) is 11.2 Å². The summed E-state index contributed by atoms with van der Waals surface area (Å²) in [6, 6.07) is 70.7. The maximum atomic E-state index is 6.72. The van der Waals surface area contributed by atoms with Crippen LogP contribution in [-0.4, -0.2) is 24.1 Å². The van der Waals surface area contributed by atoms with Crippen molar-refractivity contribution in [3.63, 3.8) is 0 Å². The predicted octanol–water partition coefficient (Wildman–Crippen LogP) is 15.3. The van der Waals surface area contributed by atoms with E-state index in [-0.39, 0.29) is 0 Å². The molecule has 7 heteroatoms. The zero-order chi connectivity index (χ0) is 41.9. The topological polar surface area (TPSA) is 61.7 Å². The fraction of sp³-hybridized carbons (Fsp3) is 0. The first-order chi connectivity index (χ1) is 31.7. The highest BCUT2D eigenvalue weighted by Crippen LogP contribution is 2.46.